The van der Waals surface area contributed by atoms with Crippen molar-refractivity contribution < 1.29 is 32.6 Å². The number of benzene rings is 2. The number of hydrogen-bond donors (Lipinski definition) is 2. The van der Waals surface area contributed by atoms with E-state index in [0.717, 1.165) is 115 Å². The van der Waals surface area contributed by atoms with Crippen molar-refractivity contribution in [2.75, 3.05) is 84.1 Å². The van der Waals surface area contributed by atoms with Crippen LogP contribution >= 0.6 is 11.6 Å². The first-order valence-electron chi connectivity index (χ1n) is 21.7. The molecule has 58 heavy (non-hydrogen) atoms. The molecule has 3 fully saturated rings. The van der Waals surface area contributed by atoms with Gasteiger partial charge < -0.3 is 24.4 Å². The zero-order chi connectivity index (χ0) is 41.2. The van der Waals surface area contributed by atoms with E-state index in [-0.39, 0.29) is 24.1 Å². The highest BCUT2D eigenvalue weighted by molar-refractivity contribution is 7.90. The van der Waals surface area contributed by atoms with Crippen LogP contribution < -0.4 is 14.4 Å². The second-order valence-electron chi connectivity index (χ2n) is 17.2. The maximum absolute atomic E-state index is 13.7. The van der Waals surface area contributed by atoms with Gasteiger partial charge in [-0.25, -0.2) is 13.1 Å². The van der Waals surface area contributed by atoms with Crippen molar-refractivity contribution in [3.63, 3.8) is 0 Å². The number of aliphatic hydroxyl groups excluding tert-OH is 1. The van der Waals surface area contributed by atoms with Gasteiger partial charge in [0.05, 0.1) is 24.5 Å². The van der Waals surface area contributed by atoms with Gasteiger partial charge in [0.25, 0.3) is 5.91 Å². The number of sulfonamides is 1. The molecule has 1 saturated carbocycles. The minimum absolute atomic E-state index is 0.0750. The van der Waals surface area contributed by atoms with Crippen molar-refractivity contribution in [3.05, 3.63) is 58.1 Å². The van der Waals surface area contributed by atoms with Crippen LogP contribution in [0, 0.1) is 17.8 Å². The minimum Gasteiger partial charge on any atom is -0.487 e. The number of carbonyl (C=O) groups excluding carboxylic acids is 2. The van der Waals surface area contributed by atoms with Crippen LogP contribution in [0.25, 0.3) is 0 Å². The predicted octanol–water partition coefficient (Wildman–Crippen LogP) is 5.59. The molecule has 6 rings (SSSR count). The number of fused-ring (bicyclic) bond motifs is 3. The fraction of sp³-hybridized carbons (Fsp3) is 0.682. The number of nitrogens with zero attached hydrogens (tertiary/aromatic N) is 4. The molecule has 0 radical (unpaired) electrons. The van der Waals surface area contributed by atoms with Gasteiger partial charge in [0.2, 0.25) is 10.0 Å². The van der Waals surface area contributed by atoms with E-state index in [9.17, 15) is 18.0 Å². The summed E-state index contributed by atoms with van der Waals surface area (Å²) in [5.41, 5.74) is 3.38. The van der Waals surface area contributed by atoms with E-state index >= 15 is 0 Å². The van der Waals surface area contributed by atoms with E-state index in [4.69, 9.17) is 26.2 Å². The number of amides is 1. The number of esters is 1. The van der Waals surface area contributed by atoms with Crippen LogP contribution in [-0.4, -0.2) is 131 Å². The van der Waals surface area contributed by atoms with Crippen molar-refractivity contribution in [3.8, 4) is 5.75 Å². The number of hydrogen-bond acceptors (Lipinski definition) is 11. The lowest BCUT2D eigenvalue weighted by Crippen LogP contribution is -2.62. The van der Waals surface area contributed by atoms with Gasteiger partial charge in [-0.1, -0.05) is 31.0 Å². The Bertz CT molecular complexity index is 1800. The van der Waals surface area contributed by atoms with Crippen molar-refractivity contribution >= 4 is 39.2 Å². The van der Waals surface area contributed by atoms with Gasteiger partial charge in [-0.2, -0.15) is 0 Å². The number of aliphatic hydroxyl groups is 1. The number of unbranched alkanes of at least 4 members (excludes halogenated alkanes) is 1. The van der Waals surface area contributed by atoms with Crippen LogP contribution in [0.15, 0.2) is 36.4 Å². The lowest BCUT2D eigenvalue weighted by atomic mass is 9.71. The number of piperazine rings is 2. The molecule has 0 bridgehead atoms. The molecule has 5 atom stereocenters. The summed E-state index contributed by atoms with van der Waals surface area (Å²) in [5, 5.41) is 9.12. The summed E-state index contributed by atoms with van der Waals surface area (Å²) in [6, 6.07) is 11.7. The predicted molar refractivity (Wildman–Crippen MR) is 229 cm³/mol. The monoisotopic (exact) mass is 843 g/mol. The summed E-state index contributed by atoms with van der Waals surface area (Å²) in [6.45, 7) is 13.7. The highest BCUT2D eigenvalue weighted by Gasteiger charge is 2.36. The molecule has 2 aromatic rings. The Morgan fingerprint density at radius 2 is 1.71 bits per heavy atom. The van der Waals surface area contributed by atoms with Crippen LogP contribution in [0.4, 0.5) is 5.69 Å². The van der Waals surface area contributed by atoms with E-state index in [1.54, 1.807) is 13.0 Å². The van der Waals surface area contributed by atoms with Crippen molar-refractivity contribution in [1.82, 2.24) is 19.4 Å². The molecule has 12 nitrogen and oxygen atoms in total. The highest BCUT2D eigenvalue weighted by atomic mass is 35.5. The number of methoxy groups -OCH3 is 1. The Hall–Kier alpha value is -2.94. The fourth-order valence-electron chi connectivity index (χ4n) is 9.21. The zero-order valence-electron chi connectivity index (χ0n) is 34.9. The molecule has 3 heterocycles. The highest BCUT2D eigenvalue weighted by Crippen LogP contribution is 2.41. The molecular weight excluding hydrogens is 778 g/mol. The molecule has 322 valence electrons. The molecule has 4 aliphatic rings. The van der Waals surface area contributed by atoms with Gasteiger partial charge in [0, 0.05) is 82.1 Å². The normalized spacial score (nSPS) is 23.2. The second kappa shape index (κ2) is 21.0. The van der Waals surface area contributed by atoms with Crippen molar-refractivity contribution in [2.45, 2.75) is 96.0 Å². The number of anilines is 1. The molecule has 1 aliphatic carbocycles. The third-order valence-electron chi connectivity index (χ3n) is 13.4. The summed E-state index contributed by atoms with van der Waals surface area (Å²) in [5.74, 6) is 0.822. The third-order valence-corrected chi connectivity index (χ3v) is 15.5. The van der Waals surface area contributed by atoms with Crippen molar-refractivity contribution in [2.24, 2.45) is 17.8 Å². The largest absolute Gasteiger partial charge is 0.487 e. The lowest BCUT2D eigenvalue weighted by molar-refractivity contribution is -0.141. The Labute approximate surface area is 351 Å². The van der Waals surface area contributed by atoms with E-state index < -0.39 is 21.2 Å². The Balaban J connectivity index is 1.13. The first kappa shape index (κ1) is 44.6. The van der Waals surface area contributed by atoms with E-state index in [1.165, 1.54) is 19.1 Å². The van der Waals surface area contributed by atoms with Crippen LogP contribution in [0.1, 0.15) is 93.1 Å². The van der Waals surface area contributed by atoms with E-state index in [0.29, 0.717) is 54.5 Å². The molecule has 3 aliphatic heterocycles. The molecule has 14 heteroatoms. The SMILES string of the molecule is COC(=O)CCN1CCN2CCN(CC[C@@H]3CC[C@H]3CN3CCCCc4cc(Cl)ccc4COc4ccc(C(=O)NS(=O)(=O)[C@H](C)[C@@H](C)CCCCO)cc43)C[C@H]2C1. The summed E-state index contributed by atoms with van der Waals surface area (Å²) < 4.78 is 40.6. The molecular formula is C44H66ClN5O7S. The quantitative estimate of drug-likeness (QED) is 0.162. The maximum atomic E-state index is 13.7. The molecule has 0 unspecified atom stereocenters. The van der Waals surface area contributed by atoms with Crippen molar-refractivity contribution in [1.29, 1.82) is 0 Å². The minimum atomic E-state index is -3.94. The Kier molecular flexibility index (Phi) is 16.2. The summed E-state index contributed by atoms with van der Waals surface area (Å²) >= 11 is 6.41. The van der Waals surface area contributed by atoms with Gasteiger partial charge in [0.1, 0.15) is 12.4 Å². The molecule has 1 amide bonds. The smallest absolute Gasteiger partial charge is 0.306 e. The summed E-state index contributed by atoms with van der Waals surface area (Å²) in [7, 11) is -2.49. The van der Waals surface area contributed by atoms with Gasteiger partial charge in [-0.3, -0.25) is 19.4 Å². The van der Waals surface area contributed by atoms with E-state index in [1.807, 2.05) is 37.3 Å². The first-order chi connectivity index (χ1) is 27.9. The molecule has 2 aromatic carbocycles. The van der Waals surface area contributed by atoms with Crippen LogP contribution in [0.2, 0.25) is 5.02 Å². The summed E-state index contributed by atoms with van der Waals surface area (Å²) in [6.07, 6.45) is 8.76. The summed E-state index contributed by atoms with van der Waals surface area (Å²) in [4.78, 5) is 35.5. The molecule has 2 saturated heterocycles. The van der Waals surface area contributed by atoms with Crippen LogP contribution in [0.5, 0.6) is 5.75 Å². The van der Waals surface area contributed by atoms with Gasteiger partial charge >= 0.3 is 5.97 Å². The maximum Gasteiger partial charge on any atom is 0.306 e. The first-order valence-corrected chi connectivity index (χ1v) is 23.6. The van der Waals surface area contributed by atoms with Gasteiger partial charge in [-0.15, -0.1) is 0 Å². The number of carbonyl (C=O) groups is 2. The standard InChI is InChI=1S/C44H66ClN5O7S/c1-32(8-5-7-25-51)33(2)58(54,55)46-44(53)36-13-15-42-41(27-36)50(18-6-4-9-35-26-39(45)14-12-38(35)31-57-42)28-37-11-10-34(37)16-19-47-21-23-49-24-22-48(30-40(49)29-47)20-17-43(52)56-3/h12-15,26-27,32-34,37,40,51H,4-11,16-25,28-31H2,1-3H3,(H,46,53)/t32-,33+,34-,37-,40-/m0/s1. The Morgan fingerprint density at radius 3 is 2.43 bits per heavy atom. The number of nitrogens with one attached hydrogen (secondary N) is 1. The van der Waals surface area contributed by atoms with Crippen LogP contribution in [-0.2, 0) is 32.6 Å². The zero-order valence-corrected chi connectivity index (χ0v) is 36.5. The molecule has 0 spiro atoms. The fourth-order valence-corrected chi connectivity index (χ4v) is 10.7. The average Bonchev–Trinajstić information content (AvgIpc) is 3.24. The molecule has 2 N–H and O–H groups in total. The second-order valence-corrected chi connectivity index (χ2v) is 19.6. The number of ether oxygens (including phenoxy) is 2. The third kappa shape index (κ3) is 11.9. The van der Waals surface area contributed by atoms with E-state index in [2.05, 4.69) is 24.3 Å². The number of halogens is 1. The molecule has 0 aromatic heterocycles. The van der Waals surface area contributed by atoms with Crippen LogP contribution in [0.3, 0.4) is 0 Å². The lowest BCUT2D eigenvalue weighted by Gasteiger charge is -2.48. The Morgan fingerprint density at radius 1 is 0.948 bits per heavy atom. The average molecular weight is 845 g/mol. The van der Waals surface area contributed by atoms with Gasteiger partial charge in [-0.05, 0) is 124 Å². The number of rotatable bonds is 16. The number of aryl methyl sites for hydroxylation is 1. The van der Waals surface area contributed by atoms with Gasteiger partial charge in [0.15, 0.2) is 0 Å². The topological polar surface area (TPSA) is 132 Å².